The average molecular weight is 342 g/mol. The van der Waals surface area contributed by atoms with Crippen LogP contribution in [0.1, 0.15) is 36.8 Å². The van der Waals surface area contributed by atoms with Gasteiger partial charge in [0, 0.05) is 0 Å². The van der Waals surface area contributed by atoms with Gasteiger partial charge in [0.15, 0.2) is 19.7 Å². The van der Waals surface area contributed by atoms with Crippen molar-refractivity contribution in [3.05, 3.63) is 35.4 Å². The van der Waals surface area contributed by atoms with Crippen LogP contribution in [0.2, 0.25) is 0 Å². The maximum absolute atomic E-state index is 12.3. The Kier molecular flexibility index (Phi) is 4.34. The summed E-state index contributed by atoms with van der Waals surface area (Å²) < 4.78 is 49.3. The quantitative estimate of drug-likeness (QED) is 0.726. The number of sulfone groups is 2. The van der Waals surface area contributed by atoms with E-state index in [1.807, 2.05) is 0 Å². The summed E-state index contributed by atoms with van der Waals surface area (Å²) in [5.41, 5.74) is 1.48. The van der Waals surface area contributed by atoms with Crippen molar-refractivity contribution >= 4 is 19.7 Å². The Morgan fingerprint density at radius 1 is 0.636 bits per heavy atom. The molecule has 0 amide bonds. The summed E-state index contributed by atoms with van der Waals surface area (Å²) in [6, 6.07) is 6.97. The molecule has 0 saturated heterocycles. The van der Waals surface area contributed by atoms with Crippen LogP contribution in [0.15, 0.2) is 24.3 Å². The molecule has 1 aliphatic carbocycles. The van der Waals surface area contributed by atoms with E-state index in [2.05, 4.69) is 0 Å². The summed E-state index contributed by atoms with van der Waals surface area (Å²) in [4.78, 5) is 0. The Balaban J connectivity index is 1.93. The molecule has 4 aliphatic heterocycles. The second-order valence-electron chi connectivity index (χ2n) is 6.81. The third-order valence-electron chi connectivity index (χ3n) is 4.74. The Morgan fingerprint density at radius 3 is 1.27 bits per heavy atom. The maximum atomic E-state index is 12.3. The van der Waals surface area contributed by atoms with Gasteiger partial charge in [-0.05, 0) is 48.6 Å². The van der Waals surface area contributed by atoms with Gasteiger partial charge in [-0.1, -0.05) is 24.3 Å². The number of rotatable bonds is 0. The molecular weight excluding hydrogens is 320 g/mol. The van der Waals surface area contributed by atoms with Gasteiger partial charge < -0.3 is 0 Å². The third-order valence-corrected chi connectivity index (χ3v) is 8.25. The smallest absolute Gasteiger partial charge is 0.154 e. The van der Waals surface area contributed by atoms with Crippen LogP contribution in [0.3, 0.4) is 0 Å². The summed E-state index contributed by atoms with van der Waals surface area (Å²) in [7, 11) is -6.19. The van der Waals surface area contributed by atoms with Crippen LogP contribution in [0.5, 0.6) is 0 Å². The van der Waals surface area contributed by atoms with Crippen LogP contribution in [0.25, 0.3) is 0 Å². The first-order chi connectivity index (χ1) is 10.3. The van der Waals surface area contributed by atoms with Gasteiger partial charge in [-0.3, -0.25) is 0 Å². The topological polar surface area (TPSA) is 68.3 Å². The van der Waals surface area contributed by atoms with Crippen molar-refractivity contribution in [2.24, 2.45) is 11.8 Å². The van der Waals surface area contributed by atoms with Crippen LogP contribution in [-0.4, -0.2) is 28.3 Å². The Morgan fingerprint density at radius 2 is 0.955 bits per heavy atom. The lowest BCUT2D eigenvalue weighted by Gasteiger charge is -2.28. The van der Waals surface area contributed by atoms with Gasteiger partial charge in [-0.15, -0.1) is 0 Å². The Bertz CT molecular complexity index is 660. The molecule has 22 heavy (non-hydrogen) atoms. The van der Waals surface area contributed by atoms with Crippen molar-refractivity contribution < 1.29 is 16.8 Å². The van der Waals surface area contributed by atoms with Gasteiger partial charge in [-0.2, -0.15) is 0 Å². The third kappa shape index (κ3) is 4.10. The fraction of sp³-hybridized carbons (Fsp3) is 0.625. The lowest BCUT2D eigenvalue weighted by Crippen LogP contribution is -2.27. The van der Waals surface area contributed by atoms with Crippen LogP contribution >= 0.6 is 0 Å². The van der Waals surface area contributed by atoms with Gasteiger partial charge in [0.25, 0.3) is 0 Å². The minimum absolute atomic E-state index is 0.0555. The highest BCUT2D eigenvalue weighted by atomic mass is 32.2. The molecule has 4 bridgehead atoms. The molecule has 1 fully saturated rings. The van der Waals surface area contributed by atoms with Crippen molar-refractivity contribution in [1.82, 2.24) is 0 Å². The first-order valence-electron chi connectivity index (χ1n) is 7.80. The molecule has 1 aromatic rings. The molecule has 0 radical (unpaired) electrons. The number of hydrogen-bond acceptors (Lipinski definition) is 4. The van der Waals surface area contributed by atoms with Crippen molar-refractivity contribution in [2.45, 2.75) is 37.2 Å². The molecule has 5 aliphatic rings. The highest BCUT2D eigenvalue weighted by Gasteiger charge is 2.29. The molecule has 0 spiro atoms. The van der Waals surface area contributed by atoms with E-state index in [1.54, 1.807) is 24.3 Å². The molecule has 0 unspecified atom stereocenters. The van der Waals surface area contributed by atoms with Gasteiger partial charge in [-0.25, -0.2) is 16.8 Å². The van der Waals surface area contributed by atoms with Crippen LogP contribution in [-0.2, 0) is 31.2 Å². The average Bonchev–Trinajstić information content (AvgIpc) is 2.41. The zero-order valence-corrected chi connectivity index (χ0v) is 14.2. The minimum Gasteiger partial charge on any atom is -0.228 e. The second kappa shape index (κ2) is 5.96. The van der Waals surface area contributed by atoms with E-state index in [9.17, 15) is 16.8 Å². The SMILES string of the molecule is O=S1(=O)Cc2ccc(cc2)CS(=O)(=O)CC2CCC(CC2)C1. The van der Waals surface area contributed by atoms with E-state index in [1.165, 1.54) is 0 Å². The Hall–Kier alpha value is -0.880. The van der Waals surface area contributed by atoms with Gasteiger partial charge in [0.1, 0.15) is 0 Å². The highest BCUT2D eigenvalue weighted by Crippen LogP contribution is 2.32. The highest BCUT2D eigenvalue weighted by molar-refractivity contribution is 7.90. The molecule has 1 saturated carbocycles. The van der Waals surface area contributed by atoms with E-state index in [0.717, 1.165) is 36.8 Å². The van der Waals surface area contributed by atoms with Crippen molar-refractivity contribution in [1.29, 1.82) is 0 Å². The maximum Gasteiger partial charge on any atom is 0.154 e. The molecular formula is C16H22O4S2. The summed E-state index contributed by atoms with van der Waals surface area (Å²) in [6.07, 6.45) is 3.32. The molecule has 4 nitrogen and oxygen atoms in total. The first-order valence-corrected chi connectivity index (χ1v) is 11.4. The number of benzene rings is 1. The minimum atomic E-state index is -3.09. The van der Waals surface area contributed by atoms with Crippen molar-refractivity contribution in [3.8, 4) is 0 Å². The fourth-order valence-corrected chi connectivity index (χ4v) is 7.38. The van der Waals surface area contributed by atoms with E-state index >= 15 is 0 Å². The zero-order chi connectivity index (χ0) is 15.8. The van der Waals surface area contributed by atoms with E-state index in [0.29, 0.717) is 0 Å². The van der Waals surface area contributed by atoms with Gasteiger partial charge >= 0.3 is 0 Å². The molecule has 0 atom stereocenters. The fourth-order valence-electron chi connectivity index (χ4n) is 3.64. The molecule has 1 aromatic carbocycles. The molecule has 0 N–H and O–H groups in total. The molecule has 4 heterocycles. The second-order valence-corrected chi connectivity index (χ2v) is 11.0. The molecule has 122 valence electrons. The number of hydrogen-bond donors (Lipinski definition) is 0. The normalized spacial score (nSPS) is 30.7. The predicted molar refractivity (Wildman–Crippen MR) is 86.9 cm³/mol. The summed E-state index contributed by atoms with van der Waals surface area (Å²) in [5.74, 6) is 0.944. The van der Waals surface area contributed by atoms with E-state index < -0.39 is 19.7 Å². The lowest BCUT2D eigenvalue weighted by atomic mass is 9.84. The van der Waals surface area contributed by atoms with E-state index in [4.69, 9.17) is 0 Å². The van der Waals surface area contributed by atoms with E-state index in [-0.39, 0.29) is 34.8 Å². The molecule has 0 aromatic heterocycles. The van der Waals surface area contributed by atoms with Gasteiger partial charge in [0.05, 0.1) is 23.0 Å². The Labute approximate surface area is 132 Å². The van der Waals surface area contributed by atoms with Crippen LogP contribution in [0, 0.1) is 11.8 Å². The largest absolute Gasteiger partial charge is 0.228 e. The van der Waals surface area contributed by atoms with Crippen LogP contribution < -0.4 is 0 Å². The monoisotopic (exact) mass is 342 g/mol. The predicted octanol–water partition coefficient (Wildman–Crippen LogP) is 2.34. The lowest BCUT2D eigenvalue weighted by molar-refractivity contribution is 0.309. The molecule has 6 rings (SSSR count). The van der Waals surface area contributed by atoms with Crippen molar-refractivity contribution in [2.75, 3.05) is 11.5 Å². The summed E-state index contributed by atoms with van der Waals surface area (Å²) in [6.45, 7) is 0. The zero-order valence-electron chi connectivity index (χ0n) is 12.6. The summed E-state index contributed by atoms with van der Waals surface area (Å²) in [5, 5.41) is 0. The first kappa shape index (κ1) is 16.0. The summed E-state index contributed by atoms with van der Waals surface area (Å²) >= 11 is 0. The van der Waals surface area contributed by atoms with Gasteiger partial charge in [0.2, 0.25) is 0 Å². The van der Waals surface area contributed by atoms with Crippen LogP contribution in [0.4, 0.5) is 0 Å². The molecule has 6 heteroatoms. The standard InChI is InChI=1S/C16H22O4S2/c17-21(18)9-13-1-2-14(4-3-13)10-22(19,20)12-16-7-5-15(11-21)6-8-16/h1-4,15-16H,5-12H2. The van der Waals surface area contributed by atoms with Crippen molar-refractivity contribution in [3.63, 3.8) is 0 Å².